The molecule has 0 fully saturated rings. The van der Waals surface area contributed by atoms with Crippen LogP contribution in [0.1, 0.15) is 30.9 Å². The number of anilines is 1. The number of nitrogens with zero attached hydrogens (tertiary/aromatic N) is 2. The molecule has 1 N–H and O–H groups in total. The average molecular weight is 586 g/mol. The zero-order valence-electron chi connectivity index (χ0n) is 23.0. The lowest BCUT2D eigenvalue weighted by atomic mass is 10.0. The summed E-state index contributed by atoms with van der Waals surface area (Å²) in [6.07, 6.45) is 1.74. The second-order valence-corrected chi connectivity index (χ2v) is 11.6. The summed E-state index contributed by atoms with van der Waals surface area (Å²) in [4.78, 5) is 28.3. The molecule has 0 aliphatic carbocycles. The van der Waals surface area contributed by atoms with E-state index in [9.17, 15) is 18.0 Å². The van der Waals surface area contributed by atoms with Gasteiger partial charge >= 0.3 is 0 Å². The van der Waals surface area contributed by atoms with E-state index in [4.69, 9.17) is 16.3 Å². The van der Waals surface area contributed by atoms with Crippen LogP contribution < -0.4 is 14.4 Å². The maximum absolute atomic E-state index is 13.7. The van der Waals surface area contributed by atoms with Gasteiger partial charge in [-0.25, -0.2) is 8.42 Å². The Hall–Kier alpha value is -3.56. The van der Waals surface area contributed by atoms with Crippen LogP contribution in [0.2, 0.25) is 5.02 Å². The van der Waals surface area contributed by atoms with E-state index in [2.05, 4.69) is 5.32 Å². The van der Waals surface area contributed by atoms with E-state index < -0.39 is 16.1 Å². The van der Waals surface area contributed by atoms with Crippen molar-refractivity contribution < 1.29 is 22.7 Å². The molecule has 0 unspecified atom stereocenters. The first kappa shape index (κ1) is 31.0. The number of carbonyl (C=O) groups is 2. The van der Waals surface area contributed by atoms with E-state index in [0.29, 0.717) is 35.1 Å². The number of benzene rings is 3. The van der Waals surface area contributed by atoms with Gasteiger partial charge in [0.15, 0.2) is 0 Å². The number of nitrogens with one attached hydrogen (secondary N) is 1. The Morgan fingerprint density at radius 1 is 0.975 bits per heavy atom. The predicted molar refractivity (Wildman–Crippen MR) is 159 cm³/mol. The van der Waals surface area contributed by atoms with Crippen molar-refractivity contribution in [1.29, 1.82) is 0 Å². The van der Waals surface area contributed by atoms with E-state index in [1.807, 2.05) is 49.4 Å². The van der Waals surface area contributed by atoms with Crippen molar-refractivity contribution in [1.82, 2.24) is 10.2 Å². The molecule has 1 atom stereocenters. The van der Waals surface area contributed by atoms with Gasteiger partial charge in [-0.05, 0) is 54.8 Å². The number of halogens is 1. The van der Waals surface area contributed by atoms with Crippen molar-refractivity contribution in [2.24, 2.45) is 0 Å². The van der Waals surface area contributed by atoms with Gasteiger partial charge in [-0.2, -0.15) is 0 Å². The van der Waals surface area contributed by atoms with E-state index in [-0.39, 0.29) is 37.7 Å². The Labute approximate surface area is 241 Å². The van der Waals surface area contributed by atoms with Gasteiger partial charge in [0.05, 0.1) is 18.6 Å². The third-order valence-electron chi connectivity index (χ3n) is 6.40. The zero-order valence-corrected chi connectivity index (χ0v) is 24.6. The number of amides is 2. The fraction of sp³-hybridized carbons (Fsp3) is 0.333. The molecular weight excluding hydrogens is 550 g/mol. The van der Waals surface area contributed by atoms with Gasteiger partial charge in [0.25, 0.3) is 0 Å². The highest BCUT2D eigenvalue weighted by molar-refractivity contribution is 7.92. The molecule has 0 bridgehead atoms. The summed E-state index contributed by atoms with van der Waals surface area (Å²) in [7, 11) is -2.06. The molecule has 0 aliphatic rings. The molecule has 0 heterocycles. The van der Waals surface area contributed by atoms with Crippen LogP contribution in [-0.2, 0) is 32.6 Å². The number of carbonyl (C=O) groups excluding carboxylic acids is 2. The molecule has 3 aromatic rings. The topological polar surface area (TPSA) is 96.0 Å². The second kappa shape index (κ2) is 14.7. The first-order chi connectivity index (χ1) is 19.1. The first-order valence-corrected chi connectivity index (χ1v) is 15.4. The molecule has 0 radical (unpaired) electrons. The summed E-state index contributed by atoms with van der Waals surface area (Å²) in [6.45, 7) is 2.61. The fourth-order valence-corrected chi connectivity index (χ4v) is 5.57. The van der Waals surface area contributed by atoms with Gasteiger partial charge in [0, 0.05) is 38.0 Å². The molecule has 0 aromatic heterocycles. The minimum atomic E-state index is -3.60. The Morgan fingerprint density at radius 3 is 2.23 bits per heavy atom. The van der Waals surface area contributed by atoms with Crippen LogP contribution in [0.15, 0.2) is 78.9 Å². The van der Waals surface area contributed by atoms with E-state index in [0.717, 1.165) is 11.8 Å². The third-order valence-corrected chi connectivity index (χ3v) is 7.97. The highest BCUT2D eigenvalue weighted by Gasteiger charge is 2.30. The van der Waals surface area contributed by atoms with Gasteiger partial charge in [0.2, 0.25) is 21.8 Å². The lowest BCUT2D eigenvalue weighted by Gasteiger charge is -2.32. The van der Waals surface area contributed by atoms with Crippen LogP contribution in [0, 0.1) is 0 Å². The Bertz CT molecular complexity index is 1370. The zero-order chi connectivity index (χ0) is 29.1. The maximum atomic E-state index is 13.7. The monoisotopic (exact) mass is 585 g/mol. The van der Waals surface area contributed by atoms with Gasteiger partial charge in [-0.15, -0.1) is 0 Å². The van der Waals surface area contributed by atoms with Crippen LogP contribution in [-0.4, -0.2) is 57.6 Å². The average Bonchev–Trinajstić information content (AvgIpc) is 2.94. The SMILES string of the molecule is CCOc1ccc(N(CCCC(=O)N(Cc2ccccc2Cl)[C@@H](Cc2ccccc2)C(=O)NC)S(C)(=O)=O)cc1. The molecule has 0 aliphatic heterocycles. The molecule has 10 heteroatoms. The number of sulfonamides is 1. The van der Waals surface area contributed by atoms with Gasteiger partial charge in [0.1, 0.15) is 11.8 Å². The second-order valence-electron chi connectivity index (χ2n) is 9.30. The first-order valence-electron chi connectivity index (χ1n) is 13.1. The van der Waals surface area contributed by atoms with Gasteiger partial charge < -0.3 is 15.0 Å². The lowest BCUT2D eigenvalue weighted by Crippen LogP contribution is -2.49. The van der Waals surface area contributed by atoms with Crippen molar-refractivity contribution >= 4 is 39.1 Å². The molecule has 0 spiro atoms. The Balaban J connectivity index is 1.83. The molecule has 40 heavy (non-hydrogen) atoms. The maximum Gasteiger partial charge on any atom is 0.242 e. The van der Waals surface area contributed by atoms with Crippen molar-refractivity contribution in [3.63, 3.8) is 0 Å². The quantitative estimate of drug-likeness (QED) is 0.297. The molecule has 214 valence electrons. The number of ether oxygens (including phenoxy) is 1. The molecule has 3 rings (SSSR count). The van der Waals surface area contributed by atoms with Crippen LogP contribution in [0.25, 0.3) is 0 Å². The molecule has 0 saturated heterocycles. The van der Waals surface area contributed by atoms with Crippen LogP contribution in [0.5, 0.6) is 5.75 Å². The van der Waals surface area contributed by atoms with Crippen molar-refractivity contribution in [3.05, 3.63) is 95.0 Å². The van der Waals surface area contributed by atoms with E-state index in [1.165, 1.54) is 9.21 Å². The minimum Gasteiger partial charge on any atom is -0.494 e. The fourth-order valence-electron chi connectivity index (χ4n) is 4.41. The van der Waals surface area contributed by atoms with E-state index in [1.54, 1.807) is 43.4 Å². The number of hydrogen-bond acceptors (Lipinski definition) is 5. The van der Waals surface area contributed by atoms with Gasteiger partial charge in [-0.3, -0.25) is 13.9 Å². The summed E-state index contributed by atoms with van der Waals surface area (Å²) < 4.78 is 31.9. The number of rotatable bonds is 14. The molecular formula is C30H36ClN3O5S. The van der Waals surface area contributed by atoms with Crippen molar-refractivity contribution in [2.75, 3.05) is 30.8 Å². The summed E-state index contributed by atoms with van der Waals surface area (Å²) in [5.41, 5.74) is 2.11. The largest absolute Gasteiger partial charge is 0.494 e. The number of hydrogen-bond donors (Lipinski definition) is 1. The summed E-state index contributed by atoms with van der Waals surface area (Å²) >= 11 is 6.43. The highest BCUT2D eigenvalue weighted by atomic mass is 35.5. The standard InChI is InChI=1S/C30H36ClN3O5S/c1-4-39-26-18-16-25(17-19-26)34(40(3,37)38)20-10-15-29(35)33(22-24-13-8-9-14-27(24)31)28(30(36)32-2)21-23-11-6-5-7-12-23/h5-9,11-14,16-19,28H,4,10,15,20-22H2,1-3H3,(H,32,36)/t28-/m0/s1. The van der Waals surface area contributed by atoms with Crippen LogP contribution in [0.4, 0.5) is 5.69 Å². The van der Waals surface area contributed by atoms with Crippen LogP contribution in [0.3, 0.4) is 0 Å². The minimum absolute atomic E-state index is 0.0375. The summed E-state index contributed by atoms with van der Waals surface area (Å²) in [5, 5.41) is 3.18. The summed E-state index contributed by atoms with van der Waals surface area (Å²) in [6, 6.07) is 22.7. The lowest BCUT2D eigenvalue weighted by molar-refractivity contribution is -0.141. The van der Waals surface area contributed by atoms with E-state index >= 15 is 0 Å². The van der Waals surface area contributed by atoms with Crippen molar-refractivity contribution in [2.45, 2.75) is 38.8 Å². The van der Waals surface area contributed by atoms with Crippen LogP contribution >= 0.6 is 11.6 Å². The molecule has 3 aromatic carbocycles. The molecule has 8 nitrogen and oxygen atoms in total. The highest BCUT2D eigenvalue weighted by Crippen LogP contribution is 2.24. The Morgan fingerprint density at radius 2 is 1.62 bits per heavy atom. The molecule has 2 amide bonds. The van der Waals surface area contributed by atoms with Gasteiger partial charge in [-0.1, -0.05) is 60.1 Å². The molecule has 0 saturated carbocycles. The predicted octanol–water partition coefficient (Wildman–Crippen LogP) is 4.67. The third kappa shape index (κ3) is 8.72. The smallest absolute Gasteiger partial charge is 0.242 e. The number of likely N-dealkylation sites (N-methyl/N-ethyl adjacent to an activating group) is 1. The normalized spacial score (nSPS) is 11.9. The van der Waals surface area contributed by atoms with Crippen molar-refractivity contribution in [3.8, 4) is 5.75 Å². The summed E-state index contributed by atoms with van der Waals surface area (Å²) in [5.74, 6) is 0.0738. The Kier molecular flexibility index (Phi) is 11.4.